The normalized spacial score (nSPS) is 13.4. The van der Waals surface area contributed by atoms with Gasteiger partial charge in [-0.2, -0.15) is 0 Å². The Hall–Kier alpha value is 0.217. The molecule has 1 radical (unpaired) electrons. The van der Waals surface area contributed by atoms with Gasteiger partial charge in [0, 0.05) is 0 Å². The Morgan fingerprint density at radius 3 is 1.23 bits per heavy atom. The zero-order valence-electron chi connectivity index (χ0n) is 10.5. The summed E-state index contributed by atoms with van der Waals surface area (Å²) in [5, 5.41) is 0. The van der Waals surface area contributed by atoms with Crippen LogP contribution in [-0.2, 0) is 0 Å². The highest BCUT2D eigenvalue weighted by molar-refractivity contribution is 6.86. The first-order chi connectivity index (χ1) is 5.89. The fourth-order valence-corrected chi connectivity index (χ4v) is 9.18. The first kappa shape index (κ1) is 13.2. The average Bonchev–Trinajstić information content (AvgIpc) is 1.97. The van der Waals surface area contributed by atoms with Crippen LogP contribution in [0.1, 0.15) is 54.9 Å². The standard InChI is InChI=1S/C12H27Si/c1-8-9-13(10(2)3,11(4)5)12(6)7/h9-12H,8H2,1-7H3. The lowest BCUT2D eigenvalue weighted by molar-refractivity contribution is 0.812. The minimum absolute atomic E-state index is 0.882. The molecule has 0 rings (SSSR count). The zero-order chi connectivity index (χ0) is 10.6. The molecule has 0 bridgehead atoms. The minimum Gasteiger partial charge on any atom is -0.0654 e. The van der Waals surface area contributed by atoms with Gasteiger partial charge in [-0.3, -0.25) is 0 Å². The lowest BCUT2D eigenvalue weighted by atomic mass is 10.5. The zero-order valence-corrected chi connectivity index (χ0v) is 11.5. The van der Waals surface area contributed by atoms with E-state index in [9.17, 15) is 0 Å². The fraction of sp³-hybridized carbons (Fsp3) is 0.917. The fourth-order valence-electron chi connectivity index (χ4n) is 3.06. The van der Waals surface area contributed by atoms with Crippen molar-refractivity contribution in [1.82, 2.24) is 0 Å². The summed E-state index contributed by atoms with van der Waals surface area (Å²) in [4.78, 5) is 0. The second kappa shape index (κ2) is 5.19. The maximum absolute atomic E-state index is 2.67. The van der Waals surface area contributed by atoms with Crippen molar-refractivity contribution in [3.8, 4) is 0 Å². The molecule has 0 aromatic heterocycles. The van der Waals surface area contributed by atoms with Crippen LogP contribution in [0.2, 0.25) is 16.6 Å². The van der Waals surface area contributed by atoms with E-state index in [0.717, 1.165) is 16.6 Å². The van der Waals surface area contributed by atoms with E-state index < -0.39 is 8.07 Å². The third kappa shape index (κ3) is 2.58. The second-order valence-corrected chi connectivity index (χ2v) is 10.9. The van der Waals surface area contributed by atoms with Gasteiger partial charge in [-0.1, -0.05) is 71.5 Å². The Labute approximate surface area is 86.1 Å². The van der Waals surface area contributed by atoms with Crippen molar-refractivity contribution in [2.75, 3.05) is 0 Å². The van der Waals surface area contributed by atoms with E-state index in [2.05, 4.69) is 54.5 Å². The number of hydrogen-bond acceptors (Lipinski definition) is 0. The molecule has 0 fully saturated rings. The maximum Gasteiger partial charge on any atom is 0.0643 e. The van der Waals surface area contributed by atoms with Gasteiger partial charge in [-0.15, -0.1) is 0 Å². The Balaban J connectivity index is 4.82. The quantitative estimate of drug-likeness (QED) is 0.557. The summed E-state index contributed by atoms with van der Waals surface area (Å²) in [5.74, 6) is 0. The lowest BCUT2D eigenvalue weighted by Gasteiger charge is -2.43. The van der Waals surface area contributed by atoms with E-state index in [1.165, 1.54) is 6.42 Å². The van der Waals surface area contributed by atoms with Gasteiger partial charge in [0.05, 0.1) is 8.07 Å². The second-order valence-electron chi connectivity index (χ2n) is 5.08. The summed E-state index contributed by atoms with van der Waals surface area (Å²) >= 11 is 0. The molecule has 0 amide bonds. The van der Waals surface area contributed by atoms with Gasteiger partial charge in [0.1, 0.15) is 0 Å². The van der Waals surface area contributed by atoms with Gasteiger partial charge in [0.25, 0.3) is 0 Å². The molecule has 0 aromatic carbocycles. The molecule has 0 aromatic rings. The van der Waals surface area contributed by atoms with Gasteiger partial charge in [0.15, 0.2) is 0 Å². The summed E-state index contributed by atoms with van der Waals surface area (Å²) in [6, 6.07) is 2.67. The molecule has 0 aliphatic heterocycles. The van der Waals surface area contributed by atoms with Crippen LogP contribution in [0, 0.1) is 6.04 Å². The van der Waals surface area contributed by atoms with Crippen LogP contribution in [0.3, 0.4) is 0 Å². The molecule has 0 nitrogen and oxygen atoms in total. The molecule has 0 heterocycles. The van der Waals surface area contributed by atoms with Crippen molar-refractivity contribution in [3.05, 3.63) is 6.04 Å². The maximum atomic E-state index is 2.67. The van der Waals surface area contributed by atoms with Crippen LogP contribution in [0.5, 0.6) is 0 Å². The molecule has 0 saturated heterocycles. The van der Waals surface area contributed by atoms with Crippen molar-refractivity contribution < 1.29 is 0 Å². The van der Waals surface area contributed by atoms with E-state index in [1.54, 1.807) is 0 Å². The molecule has 0 N–H and O–H groups in total. The van der Waals surface area contributed by atoms with Gasteiger partial charge < -0.3 is 0 Å². The summed E-state index contributed by atoms with van der Waals surface area (Å²) in [5.41, 5.74) is 2.65. The largest absolute Gasteiger partial charge is 0.0654 e. The highest BCUT2D eigenvalue weighted by atomic mass is 28.3. The minimum atomic E-state index is -1.15. The highest BCUT2D eigenvalue weighted by Gasteiger charge is 2.41. The van der Waals surface area contributed by atoms with E-state index in [0.29, 0.717) is 0 Å². The van der Waals surface area contributed by atoms with Gasteiger partial charge in [-0.25, -0.2) is 0 Å². The summed E-state index contributed by atoms with van der Waals surface area (Å²) in [6.07, 6.45) is 1.25. The first-order valence-corrected chi connectivity index (χ1v) is 8.04. The van der Waals surface area contributed by atoms with E-state index >= 15 is 0 Å². The van der Waals surface area contributed by atoms with E-state index in [1.807, 2.05) is 0 Å². The molecule has 0 aliphatic carbocycles. The molecule has 79 valence electrons. The monoisotopic (exact) mass is 199 g/mol. The highest BCUT2D eigenvalue weighted by Crippen LogP contribution is 2.43. The van der Waals surface area contributed by atoms with Crippen LogP contribution >= 0.6 is 0 Å². The number of hydrogen-bond donors (Lipinski definition) is 0. The van der Waals surface area contributed by atoms with Crippen LogP contribution in [-0.4, -0.2) is 8.07 Å². The molecule has 0 unspecified atom stereocenters. The Morgan fingerprint density at radius 2 is 1.15 bits per heavy atom. The van der Waals surface area contributed by atoms with Crippen molar-refractivity contribution in [2.24, 2.45) is 0 Å². The summed E-state index contributed by atoms with van der Waals surface area (Å²) in [6.45, 7) is 16.8. The number of rotatable bonds is 5. The van der Waals surface area contributed by atoms with Gasteiger partial charge in [-0.05, 0) is 6.04 Å². The molecule has 0 spiro atoms. The lowest BCUT2D eigenvalue weighted by Crippen LogP contribution is -2.45. The molecule has 0 atom stereocenters. The van der Waals surface area contributed by atoms with Gasteiger partial charge in [0.2, 0.25) is 0 Å². The Morgan fingerprint density at radius 1 is 0.846 bits per heavy atom. The molecular formula is C12H27Si. The van der Waals surface area contributed by atoms with E-state index in [4.69, 9.17) is 0 Å². The van der Waals surface area contributed by atoms with Crippen molar-refractivity contribution in [1.29, 1.82) is 0 Å². The van der Waals surface area contributed by atoms with Crippen LogP contribution < -0.4 is 0 Å². The summed E-state index contributed by atoms with van der Waals surface area (Å²) < 4.78 is 0. The first-order valence-electron chi connectivity index (χ1n) is 5.73. The SMILES string of the molecule is CC[CH][Si](C(C)C)(C(C)C)C(C)C. The van der Waals surface area contributed by atoms with Gasteiger partial charge >= 0.3 is 0 Å². The molecule has 0 saturated carbocycles. The van der Waals surface area contributed by atoms with Crippen LogP contribution in [0.4, 0.5) is 0 Å². The smallest absolute Gasteiger partial charge is 0.0643 e. The van der Waals surface area contributed by atoms with Crippen LogP contribution in [0.15, 0.2) is 0 Å². The molecular weight excluding hydrogens is 172 g/mol. The van der Waals surface area contributed by atoms with E-state index in [-0.39, 0.29) is 0 Å². The predicted octanol–water partition coefficient (Wildman–Crippen LogP) is 4.82. The molecule has 1 heteroatoms. The third-order valence-corrected chi connectivity index (χ3v) is 10.7. The average molecular weight is 199 g/mol. The third-order valence-electron chi connectivity index (χ3n) is 3.56. The van der Waals surface area contributed by atoms with Crippen molar-refractivity contribution in [3.63, 3.8) is 0 Å². The van der Waals surface area contributed by atoms with Crippen molar-refractivity contribution in [2.45, 2.75) is 71.5 Å². The molecule has 13 heavy (non-hydrogen) atoms. The van der Waals surface area contributed by atoms with Crippen LogP contribution in [0.25, 0.3) is 0 Å². The Bertz CT molecular complexity index is 114. The Kier molecular flexibility index (Phi) is 5.27. The predicted molar refractivity (Wildman–Crippen MR) is 65.6 cm³/mol. The topological polar surface area (TPSA) is 0 Å². The van der Waals surface area contributed by atoms with Crippen molar-refractivity contribution >= 4 is 8.07 Å². The summed E-state index contributed by atoms with van der Waals surface area (Å²) in [7, 11) is -1.15. The molecule has 0 aliphatic rings.